The minimum Gasteiger partial charge on any atom is -0.337 e. The summed E-state index contributed by atoms with van der Waals surface area (Å²) in [7, 11) is 0. The summed E-state index contributed by atoms with van der Waals surface area (Å²) in [5.74, 6) is 0.482. The number of benzene rings is 3. The van der Waals surface area contributed by atoms with Gasteiger partial charge in [0.05, 0.1) is 34.1 Å². The SMILES string of the molecule is O=C(Nc1cncc(-c2ccc3[nH]nc(-c4nc5c(-c6ccccn6)cccc5[nH]4)c3c2)c1)c1ccccc1. The lowest BCUT2D eigenvalue weighted by molar-refractivity contribution is 0.102. The number of fused-ring (bicyclic) bond motifs is 2. The highest BCUT2D eigenvalue weighted by Crippen LogP contribution is 2.33. The summed E-state index contributed by atoms with van der Waals surface area (Å²) in [6, 6.07) is 28.9. The number of amides is 1. The largest absolute Gasteiger partial charge is 0.337 e. The third-order valence-electron chi connectivity index (χ3n) is 6.61. The van der Waals surface area contributed by atoms with Gasteiger partial charge in [-0.1, -0.05) is 42.5 Å². The Morgan fingerprint density at radius 1 is 0.795 bits per heavy atom. The van der Waals surface area contributed by atoms with Gasteiger partial charge in [-0.3, -0.25) is 19.9 Å². The number of rotatable bonds is 5. The van der Waals surface area contributed by atoms with E-state index in [2.05, 4.69) is 36.5 Å². The van der Waals surface area contributed by atoms with E-state index in [1.807, 2.05) is 72.8 Å². The number of imidazole rings is 1. The van der Waals surface area contributed by atoms with Crippen molar-refractivity contribution in [3.63, 3.8) is 0 Å². The molecule has 0 fully saturated rings. The van der Waals surface area contributed by atoms with Gasteiger partial charge in [-0.15, -0.1) is 0 Å². The fraction of sp³-hybridized carbons (Fsp3) is 0. The quantitative estimate of drug-likeness (QED) is 0.247. The molecule has 0 atom stereocenters. The first-order valence-electron chi connectivity index (χ1n) is 12.4. The van der Waals surface area contributed by atoms with Gasteiger partial charge in [0.15, 0.2) is 5.82 Å². The second-order valence-electron chi connectivity index (χ2n) is 9.12. The van der Waals surface area contributed by atoms with Gasteiger partial charge in [0.25, 0.3) is 5.91 Å². The van der Waals surface area contributed by atoms with Crippen LogP contribution >= 0.6 is 0 Å². The molecule has 8 heteroatoms. The van der Waals surface area contributed by atoms with Gasteiger partial charge >= 0.3 is 0 Å². The maximum Gasteiger partial charge on any atom is 0.255 e. The van der Waals surface area contributed by atoms with Crippen molar-refractivity contribution in [3.8, 4) is 33.9 Å². The molecular formula is C31H21N7O. The number of anilines is 1. The molecule has 39 heavy (non-hydrogen) atoms. The molecule has 7 aromatic rings. The minimum absolute atomic E-state index is 0.183. The number of hydrogen-bond acceptors (Lipinski definition) is 5. The lowest BCUT2D eigenvalue weighted by atomic mass is 10.0. The molecule has 4 heterocycles. The number of hydrogen-bond donors (Lipinski definition) is 3. The van der Waals surface area contributed by atoms with Gasteiger partial charge in [0, 0.05) is 34.5 Å². The van der Waals surface area contributed by atoms with E-state index in [9.17, 15) is 4.79 Å². The number of pyridine rings is 2. The van der Waals surface area contributed by atoms with E-state index < -0.39 is 0 Å². The number of carbonyl (C=O) groups excluding carboxylic acids is 1. The monoisotopic (exact) mass is 507 g/mol. The Kier molecular flexibility index (Phi) is 5.41. The van der Waals surface area contributed by atoms with Gasteiger partial charge in [-0.25, -0.2) is 4.98 Å². The molecule has 3 aromatic carbocycles. The van der Waals surface area contributed by atoms with Gasteiger partial charge < -0.3 is 10.3 Å². The van der Waals surface area contributed by atoms with Crippen molar-refractivity contribution in [2.24, 2.45) is 0 Å². The Balaban J connectivity index is 1.25. The van der Waals surface area contributed by atoms with Gasteiger partial charge in [-0.2, -0.15) is 5.10 Å². The Labute approximate surface area is 222 Å². The van der Waals surface area contributed by atoms with Crippen molar-refractivity contribution < 1.29 is 4.79 Å². The first-order chi connectivity index (χ1) is 19.2. The van der Waals surface area contributed by atoms with E-state index in [-0.39, 0.29) is 5.91 Å². The second-order valence-corrected chi connectivity index (χ2v) is 9.12. The second kappa shape index (κ2) is 9.35. The Bertz CT molecular complexity index is 1960. The van der Waals surface area contributed by atoms with Crippen LogP contribution in [0.25, 0.3) is 55.8 Å². The van der Waals surface area contributed by atoms with Crippen LogP contribution in [0.15, 0.2) is 110 Å². The molecule has 0 aliphatic heterocycles. The zero-order valence-electron chi connectivity index (χ0n) is 20.6. The van der Waals surface area contributed by atoms with E-state index in [1.54, 1.807) is 30.7 Å². The van der Waals surface area contributed by atoms with Crippen LogP contribution in [-0.2, 0) is 0 Å². The Morgan fingerprint density at radius 3 is 2.56 bits per heavy atom. The van der Waals surface area contributed by atoms with Gasteiger partial charge in [0.1, 0.15) is 5.69 Å². The third kappa shape index (κ3) is 4.19. The maximum absolute atomic E-state index is 12.6. The van der Waals surface area contributed by atoms with E-state index in [0.717, 1.165) is 50.0 Å². The smallest absolute Gasteiger partial charge is 0.255 e. The average Bonchev–Trinajstić information content (AvgIpc) is 3.62. The summed E-state index contributed by atoms with van der Waals surface area (Å²) < 4.78 is 0. The van der Waals surface area contributed by atoms with Crippen molar-refractivity contribution in [2.45, 2.75) is 0 Å². The van der Waals surface area contributed by atoms with E-state index in [1.165, 1.54) is 0 Å². The zero-order chi connectivity index (χ0) is 26.2. The number of para-hydroxylation sites is 1. The fourth-order valence-corrected chi connectivity index (χ4v) is 4.71. The predicted octanol–water partition coefficient (Wildman–Crippen LogP) is 6.48. The molecule has 4 aromatic heterocycles. The van der Waals surface area contributed by atoms with E-state index in [4.69, 9.17) is 4.98 Å². The highest BCUT2D eigenvalue weighted by Gasteiger charge is 2.16. The summed E-state index contributed by atoms with van der Waals surface area (Å²) in [5.41, 5.74) is 8.19. The molecule has 7 rings (SSSR count). The van der Waals surface area contributed by atoms with Crippen LogP contribution < -0.4 is 5.32 Å². The van der Waals surface area contributed by atoms with Crippen molar-refractivity contribution >= 4 is 33.5 Å². The van der Waals surface area contributed by atoms with E-state index >= 15 is 0 Å². The standard InChI is InChI=1S/C31H21N7O/c39-31(19-7-2-1-3-8-19)34-22-15-21(17-32-18-22)20-12-13-26-24(16-20)29(38-37-26)30-35-27-11-6-9-23(28(27)36-30)25-10-4-5-14-33-25/h1-18H,(H,34,39)(H,35,36)(H,37,38). The first kappa shape index (κ1) is 22.6. The number of aromatic nitrogens is 6. The van der Waals surface area contributed by atoms with Crippen LogP contribution in [0.5, 0.6) is 0 Å². The molecule has 0 radical (unpaired) electrons. The number of nitrogens with one attached hydrogen (secondary N) is 3. The van der Waals surface area contributed by atoms with E-state index in [0.29, 0.717) is 17.1 Å². The first-order valence-corrected chi connectivity index (χ1v) is 12.4. The average molecular weight is 508 g/mol. The third-order valence-corrected chi connectivity index (χ3v) is 6.61. The summed E-state index contributed by atoms with van der Waals surface area (Å²) in [6.07, 6.45) is 5.20. The number of aromatic amines is 2. The molecule has 186 valence electrons. The zero-order valence-corrected chi connectivity index (χ0v) is 20.6. The molecule has 0 saturated heterocycles. The van der Waals surface area contributed by atoms with Crippen LogP contribution in [0.3, 0.4) is 0 Å². The van der Waals surface area contributed by atoms with Crippen LogP contribution in [-0.4, -0.2) is 36.0 Å². The van der Waals surface area contributed by atoms with Crippen molar-refractivity contribution in [2.75, 3.05) is 5.32 Å². The highest BCUT2D eigenvalue weighted by molar-refractivity contribution is 6.04. The molecule has 8 nitrogen and oxygen atoms in total. The predicted molar refractivity (Wildman–Crippen MR) is 152 cm³/mol. The molecule has 0 bridgehead atoms. The lowest BCUT2D eigenvalue weighted by Gasteiger charge is -2.08. The molecular weight excluding hydrogens is 486 g/mol. The van der Waals surface area contributed by atoms with Gasteiger partial charge in [-0.05, 0) is 54.1 Å². The molecule has 3 N–H and O–H groups in total. The normalized spacial score (nSPS) is 11.2. The highest BCUT2D eigenvalue weighted by atomic mass is 16.1. The van der Waals surface area contributed by atoms with Crippen LogP contribution in [0, 0.1) is 0 Å². The summed E-state index contributed by atoms with van der Waals surface area (Å²) in [6.45, 7) is 0. The number of carbonyl (C=O) groups is 1. The molecule has 1 amide bonds. The molecule has 0 unspecified atom stereocenters. The van der Waals surface area contributed by atoms with Crippen LogP contribution in [0.2, 0.25) is 0 Å². The Morgan fingerprint density at radius 2 is 1.69 bits per heavy atom. The fourth-order valence-electron chi connectivity index (χ4n) is 4.71. The van der Waals surface area contributed by atoms with Gasteiger partial charge in [0.2, 0.25) is 0 Å². The minimum atomic E-state index is -0.183. The van der Waals surface area contributed by atoms with Crippen molar-refractivity contribution in [3.05, 3.63) is 115 Å². The summed E-state index contributed by atoms with van der Waals surface area (Å²) in [5, 5.41) is 11.6. The van der Waals surface area contributed by atoms with Crippen molar-refractivity contribution in [1.29, 1.82) is 0 Å². The number of nitrogens with zero attached hydrogens (tertiary/aromatic N) is 4. The summed E-state index contributed by atoms with van der Waals surface area (Å²) >= 11 is 0. The number of H-pyrrole nitrogens is 2. The van der Waals surface area contributed by atoms with Crippen LogP contribution in [0.1, 0.15) is 10.4 Å². The summed E-state index contributed by atoms with van der Waals surface area (Å²) in [4.78, 5) is 29.8. The molecule has 0 spiro atoms. The maximum atomic E-state index is 12.6. The molecule has 0 saturated carbocycles. The molecule has 0 aliphatic carbocycles. The topological polar surface area (TPSA) is 112 Å². The van der Waals surface area contributed by atoms with Crippen LogP contribution in [0.4, 0.5) is 5.69 Å². The molecule has 0 aliphatic rings. The van der Waals surface area contributed by atoms with Crippen molar-refractivity contribution in [1.82, 2.24) is 30.1 Å². The Hall–Kier alpha value is -5.63. The lowest BCUT2D eigenvalue weighted by Crippen LogP contribution is -2.11.